The second-order valence-electron chi connectivity index (χ2n) is 3.23. The molecular formula is C10H12ClN3OS. The van der Waals surface area contributed by atoms with E-state index in [1.807, 2.05) is 0 Å². The van der Waals surface area contributed by atoms with E-state index in [1.165, 1.54) is 0 Å². The molecule has 0 saturated carbocycles. The van der Waals surface area contributed by atoms with Gasteiger partial charge in [-0.05, 0) is 31.2 Å². The van der Waals surface area contributed by atoms with Gasteiger partial charge in [0.05, 0.1) is 11.0 Å². The molecule has 0 spiro atoms. The molecule has 0 bridgehead atoms. The Morgan fingerprint density at radius 2 is 2.00 bits per heavy atom. The molecule has 0 saturated heterocycles. The van der Waals surface area contributed by atoms with Crippen molar-refractivity contribution in [3.63, 3.8) is 0 Å². The van der Waals surface area contributed by atoms with Gasteiger partial charge in [-0.15, -0.1) is 0 Å². The number of anilines is 1. The first kappa shape index (κ1) is 12.7. The summed E-state index contributed by atoms with van der Waals surface area (Å²) in [6, 6.07) is 6.08. The summed E-state index contributed by atoms with van der Waals surface area (Å²) in [5.41, 5.74) is 6.02. The molecule has 1 atom stereocenters. The van der Waals surface area contributed by atoms with E-state index >= 15 is 0 Å². The lowest BCUT2D eigenvalue weighted by Crippen LogP contribution is -2.43. The Kier molecular flexibility index (Phi) is 4.52. The van der Waals surface area contributed by atoms with Crippen LogP contribution in [0.15, 0.2) is 24.3 Å². The Morgan fingerprint density at radius 1 is 1.44 bits per heavy atom. The summed E-state index contributed by atoms with van der Waals surface area (Å²) in [6.45, 7) is 1.71. The fourth-order valence-corrected chi connectivity index (χ4v) is 1.15. The topological polar surface area (TPSA) is 67.2 Å². The van der Waals surface area contributed by atoms with Gasteiger partial charge in [0, 0.05) is 10.7 Å². The summed E-state index contributed by atoms with van der Waals surface area (Å²) in [7, 11) is 0. The molecule has 0 aliphatic rings. The number of benzene rings is 1. The number of amides is 2. The number of hydrogen-bond donors (Lipinski definition) is 3. The highest BCUT2D eigenvalue weighted by Gasteiger charge is 2.08. The van der Waals surface area contributed by atoms with Crippen LogP contribution in [0.25, 0.3) is 0 Å². The molecule has 1 unspecified atom stereocenters. The predicted octanol–water partition coefficient (Wildman–Crippen LogP) is 2.14. The third kappa shape index (κ3) is 4.04. The zero-order valence-electron chi connectivity index (χ0n) is 8.66. The first-order valence-corrected chi connectivity index (χ1v) is 5.40. The number of nitrogens with two attached hydrogens (primary N) is 1. The number of nitrogens with one attached hydrogen (secondary N) is 2. The minimum Gasteiger partial charge on any atom is -0.392 e. The fraction of sp³-hybridized carbons (Fsp3) is 0.200. The van der Waals surface area contributed by atoms with E-state index in [4.69, 9.17) is 29.6 Å². The molecule has 16 heavy (non-hydrogen) atoms. The number of carbonyl (C=O) groups is 1. The number of urea groups is 1. The average molecular weight is 258 g/mol. The molecule has 0 fully saturated rings. The van der Waals surface area contributed by atoms with Crippen LogP contribution in [0.4, 0.5) is 10.5 Å². The van der Waals surface area contributed by atoms with Gasteiger partial charge in [-0.1, -0.05) is 23.8 Å². The van der Waals surface area contributed by atoms with E-state index in [0.717, 1.165) is 0 Å². The van der Waals surface area contributed by atoms with E-state index in [1.54, 1.807) is 31.2 Å². The molecule has 1 aromatic carbocycles. The Balaban J connectivity index is 2.52. The lowest BCUT2D eigenvalue weighted by molar-refractivity contribution is 0.251. The monoisotopic (exact) mass is 257 g/mol. The van der Waals surface area contributed by atoms with Crippen LogP contribution in [-0.4, -0.2) is 17.1 Å². The summed E-state index contributed by atoms with van der Waals surface area (Å²) < 4.78 is 0. The molecule has 4 nitrogen and oxygen atoms in total. The van der Waals surface area contributed by atoms with E-state index in [2.05, 4.69) is 10.6 Å². The Morgan fingerprint density at radius 3 is 2.50 bits per heavy atom. The minimum atomic E-state index is -0.359. The van der Waals surface area contributed by atoms with E-state index < -0.39 is 0 Å². The van der Waals surface area contributed by atoms with Crippen molar-refractivity contribution in [2.75, 3.05) is 5.32 Å². The van der Waals surface area contributed by atoms with E-state index in [9.17, 15) is 4.79 Å². The third-order valence-corrected chi connectivity index (χ3v) is 2.48. The minimum absolute atomic E-state index is 0.242. The normalized spacial score (nSPS) is 11.6. The summed E-state index contributed by atoms with van der Waals surface area (Å²) in [5, 5.41) is 5.84. The lowest BCUT2D eigenvalue weighted by atomic mass is 10.3. The molecule has 4 N–H and O–H groups in total. The van der Waals surface area contributed by atoms with Gasteiger partial charge in [-0.2, -0.15) is 0 Å². The van der Waals surface area contributed by atoms with Gasteiger partial charge in [0.15, 0.2) is 0 Å². The highest BCUT2D eigenvalue weighted by molar-refractivity contribution is 7.80. The molecule has 0 aromatic heterocycles. The van der Waals surface area contributed by atoms with Crippen molar-refractivity contribution in [1.82, 2.24) is 5.32 Å². The Hall–Kier alpha value is -1.33. The molecule has 0 radical (unpaired) electrons. The van der Waals surface area contributed by atoms with Gasteiger partial charge in [0.2, 0.25) is 0 Å². The van der Waals surface area contributed by atoms with Gasteiger partial charge in [0.1, 0.15) is 0 Å². The molecule has 86 valence electrons. The SMILES string of the molecule is CC(NC(=O)Nc1ccc(Cl)cc1)C(N)=S. The number of halogens is 1. The highest BCUT2D eigenvalue weighted by Crippen LogP contribution is 2.12. The van der Waals surface area contributed by atoms with Gasteiger partial charge < -0.3 is 16.4 Å². The van der Waals surface area contributed by atoms with Crippen molar-refractivity contribution in [1.29, 1.82) is 0 Å². The zero-order valence-corrected chi connectivity index (χ0v) is 10.2. The van der Waals surface area contributed by atoms with E-state index in [-0.39, 0.29) is 17.1 Å². The van der Waals surface area contributed by atoms with Crippen molar-refractivity contribution < 1.29 is 4.79 Å². The van der Waals surface area contributed by atoms with Gasteiger partial charge >= 0.3 is 6.03 Å². The quantitative estimate of drug-likeness (QED) is 0.727. The number of rotatable bonds is 3. The maximum atomic E-state index is 11.4. The van der Waals surface area contributed by atoms with Crippen LogP contribution < -0.4 is 16.4 Å². The predicted molar refractivity (Wildman–Crippen MR) is 69.9 cm³/mol. The van der Waals surface area contributed by atoms with Crippen molar-refractivity contribution in [2.45, 2.75) is 13.0 Å². The average Bonchev–Trinajstić information content (AvgIpc) is 2.21. The van der Waals surface area contributed by atoms with E-state index in [0.29, 0.717) is 10.7 Å². The van der Waals surface area contributed by atoms with Crippen LogP contribution >= 0.6 is 23.8 Å². The maximum absolute atomic E-state index is 11.4. The van der Waals surface area contributed by atoms with Crippen LogP contribution in [0.3, 0.4) is 0 Å². The first-order chi connectivity index (χ1) is 7.49. The number of thiocarbonyl (C=S) groups is 1. The number of carbonyl (C=O) groups excluding carboxylic acids is 1. The van der Waals surface area contributed by atoms with Crippen molar-refractivity contribution >= 4 is 40.5 Å². The largest absolute Gasteiger partial charge is 0.392 e. The summed E-state index contributed by atoms with van der Waals surface area (Å²) in [4.78, 5) is 11.7. The third-order valence-electron chi connectivity index (χ3n) is 1.88. The second kappa shape index (κ2) is 5.67. The zero-order chi connectivity index (χ0) is 12.1. The van der Waals surface area contributed by atoms with Crippen molar-refractivity contribution in [3.8, 4) is 0 Å². The summed E-state index contributed by atoms with van der Waals surface area (Å²) in [5.74, 6) is 0. The lowest BCUT2D eigenvalue weighted by Gasteiger charge is -2.12. The fourth-order valence-electron chi connectivity index (χ4n) is 0.968. The number of hydrogen-bond acceptors (Lipinski definition) is 2. The molecule has 0 aliphatic carbocycles. The molecule has 1 aromatic rings. The highest BCUT2D eigenvalue weighted by atomic mass is 35.5. The summed E-state index contributed by atoms with van der Waals surface area (Å²) in [6.07, 6.45) is 0. The maximum Gasteiger partial charge on any atom is 0.319 e. The molecule has 1 rings (SSSR count). The smallest absolute Gasteiger partial charge is 0.319 e. The van der Waals surface area contributed by atoms with Crippen molar-refractivity contribution in [3.05, 3.63) is 29.3 Å². The standard InChI is InChI=1S/C10H12ClN3OS/c1-6(9(12)16)13-10(15)14-8-4-2-7(11)3-5-8/h2-6H,1H3,(H2,12,16)(H2,13,14,15). The molecule has 6 heteroatoms. The molecular weight excluding hydrogens is 246 g/mol. The molecule has 0 heterocycles. The van der Waals surface area contributed by atoms with Crippen LogP contribution in [0.1, 0.15) is 6.92 Å². The molecule has 2 amide bonds. The second-order valence-corrected chi connectivity index (χ2v) is 4.14. The van der Waals surface area contributed by atoms with Crippen LogP contribution in [-0.2, 0) is 0 Å². The first-order valence-electron chi connectivity index (χ1n) is 4.61. The van der Waals surface area contributed by atoms with Crippen LogP contribution in [0, 0.1) is 0 Å². The van der Waals surface area contributed by atoms with Crippen LogP contribution in [0.2, 0.25) is 5.02 Å². The Labute approximate surface area is 104 Å². The molecule has 0 aliphatic heterocycles. The van der Waals surface area contributed by atoms with Gasteiger partial charge in [-0.3, -0.25) is 0 Å². The Bertz CT molecular complexity index is 394. The summed E-state index contributed by atoms with van der Waals surface area (Å²) >= 11 is 10.4. The van der Waals surface area contributed by atoms with Crippen molar-refractivity contribution in [2.24, 2.45) is 5.73 Å². The van der Waals surface area contributed by atoms with Gasteiger partial charge in [0.25, 0.3) is 0 Å². The van der Waals surface area contributed by atoms with Gasteiger partial charge in [-0.25, -0.2) is 4.79 Å². The van der Waals surface area contributed by atoms with Crippen LogP contribution in [0.5, 0.6) is 0 Å².